The molecule has 1 unspecified atom stereocenters. The van der Waals surface area contributed by atoms with E-state index < -0.39 is 8.25 Å². The Balaban J connectivity index is 3.32. The molecule has 0 aromatic rings. The number of nitrogens with one attached hydrogen (secondary N) is 1. The first-order valence-corrected chi connectivity index (χ1v) is 14.8. The first-order valence-electron chi connectivity index (χ1n) is 13.7. The zero-order valence-electron chi connectivity index (χ0n) is 21.7. The van der Waals surface area contributed by atoms with Gasteiger partial charge in [-0.25, -0.2) is 0 Å². The molecule has 34 heavy (non-hydrogen) atoms. The average molecular weight is 495 g/mol. The fourth-order valence-corrected chi connectivity index (χ4v) is 3.94. The van der Waals surface area contributed by atoms with Crippen molar-refractivity contribution in [3.8, 4) is 23.7 Å². The smallest absolute Gasteiger partial charge is 0.356 e. The molecule has 0 spiro atoms. The second kappa shape index (κ2) is 27.9. The van der Waals surface area contributed by atoms with Gasteiger partial charge in [-0.1, -0.05) is 102 Å². The van der Waals surface area contributed by atoms with Crippen molar-refractivity contribution in [2.45, 2.75) is 135 Å². The van der Waals surface area contributed by atoms with Crippen LogP contribution in [0.25, 0.3) is 0 Å². The lowest BCUT2D eigenvalue weighted by Gasteiger charge is -2.04. The van der Waals surface area contributed by atoms with Gasteiger partial charge >= 0.3 is 8.25 Å². The first-order chi connectivity index (χ1) is 16.7. The summed E-state index contributed by atoms with van der Waals surface area (Å²) in [5.41, 5.74) is 0. The summed E-state index contributed by atoms with van der Waals surface area (Å²) in [4.78, 5) is 20.2. The molecule has 0 aromatic heterocycles. The van der Waals surface area contributed by atoms with Crippen molar-refractivity contribution in [3.63, 3.8) is 0 Å². The van der Waals surface area contributed by atoms with E-state index in [1.165, 1.54) is 77.0 Å². The SMILES string of the molecule is CCCCCCCCCCCCC#CC#CCCCCCCCCC(=O)NCCCO[P+](=O)O. The second-order valence-electron chi connectivity index (χ2n) is 8.93. The highest BCUT2D eigenvalue weighted by atomic mass is 31.1. The van der Waals surface area contributed by atoms with Gasteiger partial charge in [0.1, 0.15) is 6.61 Å². The zero-order chi connectivity index (χ0) is 25.0. The molecule has 0 aromatic carbocycles. The molecule has 6 heteroatoms. The van der Waals surface area contributed by atoms with Gasteiger partial charge in [-0.05, 0) is 37.5 Å². The summed E-state index contributed by atoms with van der Waals surface area (Å²) < 4.78 is 14.9. The molecule has 0 heterocycles. The highest BCUT2D eigenvalue weighted by molar-refractivity contribution is 7.32. The average Bonchev–Trinajstić information content (AvgIpc) is 2.82. The normalized spacial score (nSPS) is 10.7. The molecule has 1 atom stereocenters. The van der Waals surface area contributed by atoms with Gasteiger partial charge in [0.2, 0.25) is 5.91 Å². The molecule has 0 aliphatic heterocycles. The molecule has 5 nitrogen and oxygen atoms in total. The third kappa shape index (κ3) is 28.6. The molecule has 0 radical (unpaired) electrons. The Bertz CT molecular complexity index is 615. The van der Waals surface area contributed by atoms with E-state index in [9.17, 15) is 9.36 Å². The van der Waals surface area contributed by atoms with Gasteiger partial charge in [0.05, 0.1) is 0 Å². The van der Waals surface area contributed by atoms with Crippen LogP contribution in [0, 0.1) is 23.7 Å². The molecule has 0 aliphatic rings. The summed E-state index contributed by atoms with van der Waals surface area (Å²) in [6, 6.07) is 0. The number of carbonyl (C=O) groups excluding carboxylic acids is 1. The van der Waals surface area contributed by atoms with E-state index in [2.05, 4.69) is 40.4 Å². The molecule has 0 aliphatic carbocycles. The molecule has 194 valence electrons. The Morgan fingerprint density at radius 3 is 1.71 bits per heavy atom. The number of hydrogen-bond donors (Lipinski definition) is 2. The topological polar surface area (TPSA) is 75.6 Å². The minimum Gasteiger partial charge on any atom is -0.356 e. The van der Waals surface area contributed by atoms with Crippen LogP contribution >= 0.6 is 8.25 Å². The minimum absolute atomic E-state index is 0.0398. The van der Waals surface area contributed by atoms with E-state index in [-0.39, 0.29) is 12.5 Å². The van der Waals surface area contributed by atoms with Crippen LogP contribution in [0.15, 0.2) is 0 Å². The Labute approximate surface area is 210 Å². The Morgan fingerprint density at radius 1 is 0.735 bits per heavy atom. The van der Waals surface area contributed by atoms with Gasteiger partial charge in [-0.3, -0.25) is 4.79 Å². The molecule has 0 saturated heterocycles. The third-order valence-corrected chi connectivity index (χ3v) is 6.10. The van der Waals surface area contributed by atoms with E-state index in [0.717, 1.165) is 38.5 Å². The van der Waals surface area contributed by atoms with Crippen LogP contribution in [0.4, 0.5) is 0 Å². The van der Waals surface area contributed by atoms with Crippen molar-refractivity contribution in [2.24, 2.45) is 0 Å². The van der Waals surface area contributed by atoms with Crippen molar-refractivity contribution in [1.29, 1.82) is 0 Å². The lowest BCUT2D eigenvalue weighted by atomic mass is 10.1. The van der Waals surface area contributed by atoms with Gasteiger partial charge in [0, 0.05) is 30.4 Å². The van der Waals surface area contributed by atoms with E-state index >= 15 is 0 Å². The number of hydrogen-bond acceptors (Lipinski definition) is 3. The molecule has 0 saturated carbocycles. The van der Waals surface area contributed by atoms with Gasteiger partial charge in [-0.15, -0.1) is 9.42 Å². The molecular formula is C28H49NO4P+. The van der Waals surface area contributed by atoms with E-state index in [1.807, 2.05) is 0 Å². The maximum Gasteiger partial charge on any atom is 0.694 e. The van der Waals surface area contributed by atoms with E-state index in [0.29, 0.717) is 19.4 Å². The summed E-state index contributed by atoms with van der Waals surface area (Å²) in [6.45, 7) is 2.93. The van der Waals surface area contributed by atoms with Gasteiger partial charge in [-0.2, -0.15) is 0 Å². The van der Waals surface area contributed by atoms with Gasteiger partial charge in [0.15, 0.2) is 0 Å². The van der Waals surface area contributed by atoms with Crippen molar-refractivity contribution >= 4 is 14.2 Å². The highest BCUT2D eigenvalue weighted by Crippen LogP contribution is 2.14. The number of unbranched alkanes of at least 4 members (excludes halogenated alkanes) is 16. The second-order valence-corrected chi connectivity index (χ2v) is 9.67. The molecule has 0 bridgehead atoms. The number of amides is 1. The quantitative estimate of drug-likeness (QED) is 0.0871. The van der Waals surface area contributed by atoms with Crippen LogP contribution in [0.1, 0.15) is 135 Å². The number of carbonyl (C=O) groups is 1. The van der Waals surface area contributed by atoms with Crippen molar-refractivity contribution in [3.05, 3.63) is 0 Å². The summed E-state index contributed by atoms with van der Waals surface area (Å²) in [5.74, 6) is 12.4. The summed E-state index contributed by atoms with van der Waals surface area (Å²) >= 11 is 0. The Kier molecular flexibility index (Phi) is 26.7. The largest absolute Gasteiger partial charge is 0.694 e. The lowest BCUT2D eigenvalue weighted by molar-refractivity contribution is -0.121. The standard InChI is InChI=1S/C28H48NO4P/c1-2-3-4-5-6-7-8-9-10-11-12-13-14-15-16-17-18-19-20-21-22-23-25-28(30)29-26-24-27-33-34(31)32/h2-12,17-27H2,1H3,(H-,29,30,31,32)/p+1. The number of rotatable bonds is 23. The van der Waals surface area contributed by atoms with Crippen LogP contribution in [0.2, 0.25) is 0 Å². The molecule has 0 fully saturated rings. The third-order valence-electron chi connectivity index (χ3n) is 5.70. The maximum absolute atomic E-state index is 11.7. The Morgan fingerprint density at radius 2 is 1.21 bits per heavy atom. The lowest BCUT2D eigenvalue weighted by Crippen LogP contribution is -2.24. The summed E-state index contributed by atoms with van der Waals surface area (Å²) in [5, 5.41) is 2.80. The predicted molar refractivity (Wildman–Crippen MR) is 142 cm³/mol. The maximum atomic E-state index is 11.7. The predicted octanol–water partition coefficient (Wildman–Crippen LogP) is 7.60. The van der Waals surface area contributed by atoms with Crippen molar-refractivity contribution < 1.29 is 18.8 Å². The monoisotopic (exact) mass is 494 g/mol. The Hall–Kier alpha value is -1.39. The fourth-order valence-electron chi connectivity index (χ4n) is 3.65. The highest BCUT2D eigenvalue weighted by Gasteiger charge is 2.10. The van der Waals surface area contributed by atoms with Gasteiger partial charge < -0.3 is 5.32 Å². The van der Waals surface area contributed by atoms with E-state index in [1.54, 1.807) is 0 Å². The molecule has 1 amide bonds. The van der Waals surface area contributed by atoms with Crippen LogP contribution in [-0.4, -0.2) is 24.0 Å². The molecule has 2 N–H and O–H groups in total. The first kappa shape index (κ1) is 32.6. The zero-order valence-corrected chi connectivity index (χ0v) is 22.6. The van der Waals surface area contributed by atoms with Crippen molar-refractivity contribution in [1.82, 2.24) is 5.32 Å². The van der Waals surface area contributed by atoms with Crippen LogP contribution in [0.5, 0.6) is 0 Å². The van der Waals surface area contributed by atoms with Crippen LogP contribution in [-0.2, 0) is 13.9 Å². The summed E-state index contributed by atoms with van der Waals surface area (Å²) in [7, 11) is -2.54. The molecule has 0 rings (SSSR count). The summed E-state index contributed by atoms with van der Waals surface area (Å²) in [6.07, 6.45) is 23.2. The fraction of sp³-hybridized carbons (Fsp3) is 0.821. The van der Waals surface area contributed by atoms with E-state index in [4.69, 9.17) is 4.89 Å². The van der Waals surface area contributed by atoms with Gasteiger partial charge in [0.25, 0.3) is 0 Å². The van der Waals surface area contributed by atoms with Crippen molar-refractivity contribution in [2.75, 3.05) is 13.2 Å². The van der Waals surface area contributed by atoms with Crippen LogP contribution in [0.3, 0.4) is 0 Å². The minimum atomic E-state index is -2.54. The van der Waals surface area contributed by atoms with Crippen LogP contribution < -0.4 is 5.32 Å². The molecular weight excluding hydrogens is 445 g/mol.